The van der Waals surface area contributed by atoms with E-state index in [1.54, 1.807) is 0 Å². The number of hydrogen-bond donors (Lipinski definition) is 2. The molecule has 0 aromatic heterocycles. The summed E-state index contributed by atoms with van der Waals surface area (Å²) in [5.74, 6) is 2.95. The lowest BCUT2D eigenvalue weighted by atomic mass is 9.42. The van der Waals surface area contributed by atoms with Crippen molar-refractivity contribution in [3.63, 3.8) is 0 Å². The highest BCUT2D eigenvalue weighted by Gasteiger charge is 2.63. The summed E-state index contributed by atoms with van der Waals surface area (Å²) >= 11 is 0. The van der Waals surface area contributed by atoms with Crippen LogP contribution in [0.4, 0.5) is 0 Å². The molecular weight excluding hydrogens is 336 g/mol. The molecule has 154 valence electrons. The molecule has 4 fully saturated rings. The molecule has 0 aromatic rings. The van der Waals surface area contributed by atoms with E-state index in [9.17, 15) is 9.90 Å². The molecule has 0 aromatic carbocycles. The van der Waals surface area contributed by atoms with Crippen LogP contribution in [0.25, 0.3) is 0 Å². The number of aliphatic hydroxyl groups is 1. The lowest BCUT2D eigenvalue weighted by Gasteiger charge is -2.64. The van der Waals surface area contributed by atoms with Crippen LogP contribution < -0.4 is 0 Å². The Kier molecular flexibility index (Phi) is 5.15. The molecule has 9 atom stereocenters. The standard InChI is InChI=1S/C24H40O3/c1-15-17-8-4-5-13-24(17,3)19-12-14-23(2)16(7-6-9-20(25)26)10-11-18(23)21(19)22(15)27/h15-19,21-22,27H,4-14H2,1-3H3,(H,25,26)/t15-,16?,17?,18?,19?,21?,22?,23?,24?/m1/s1. The van der Waals surface area contributed by atoms with Crippen molar-refractivity contribution in [2.24, 2.45) is 46.3 Å². The highest BCUT2D eigenvalue weighted by molar-refractivity contribution is 5.66. The molecule has 0 spiro atoms. The second-order valence-corrected chi connectivity index (χ2v) is 11.1. The first kappa shape index (κ1) is 19.7. The predicted octanol–water partition coefficient (Wildman–Crippen LogP) is 5.51. The summed E-state index contributed by atoms with van der Waals surface area (Å²) in [6.45, 7) is 7.39. The zero-order valence-corrected chi connectivity index (χ0v) is 17.6. The smallest absolute Gasteiger partial charge is 0.303 e. The highest BCUT2D eigenvalue weighted by atomic mass is 16.4. The molecule has 2 N–H and O–H groups in total. The first-order valence-electron chi connectivity index (χ1n) is 11.7. The van der Waals surface area contributed by atoms with Crippen molar-refractivity contribution in [2.75, 3.05) is 0 Å². The van der Waals surface area contributed by atoms with E-state index in [0.717, 1.165) is 12.8 Å². The van der Waals surface area contributed by atoms with Crippen molar-refractivity contribution < 1.29 is 15.0 Å². The van der Waals surface area contributed by atoms with Gasteiger partial charge in [-0.25, -0.2) is 0 Å². The molecular formula is C24H40O3. The minimum atomic E-state index is -0.661. The number of hydrogen-bond acceptors (Lipinski definition) is 2. The maximum absolute atomic E-state index is 11.4. The lowest BCUT2D eigenvalue weighted by Crippen LogP contribution is -2.60. The Morgan fingerprint density at radius 3 is 2.44 bits per heavy atom. The Hall–Kier alpha value is -0.570. The maximum Gasteiger partial charge on any atom is 0.303 e. The van der Waals surface area contributed by atoms with Gasteiger partial charge in [0.05, 0.1) is 6.10 Å². The van der Waals surface area contributed by atoms with Crippen LogP contribution in [-0.2, 0) is 4.79 Å². The molecule has 0 amide bonds. The summed E-state index contributed by atoms with van der Waals surface area (Å²) in [4.78, 5) is 10.9. The molecule has 0 radical (unpaired) electrons. The van der Waals surface area contributed by atoms with E-state index in [-0.39, 0.29) is 6.10 Å². The predicted molar refractivity (Wildman–Crippen MR) is 107 cm³/mol. The molecule has 4 rings (SSSR count). The average molecular weight is 377 g/mol. The van der Waals surface area contributed by atoms with Crippen LogP contribution in [-0.4, -0.2) is 22.3 Å². The van der Waals surface area contributed by atoms with Crippen LogP contribution in [0.5, 0.6) is 0 Å². The third-order valence-corrected chi connectivity index (χ3v) is 10.2. The number of carboxylic acids is 1. The van der Waals surface area contributed by atoms with Gasteiger partial charge in [0.25, 0.3) is 0 Å². The topological polar surface area (TPSA) is 57.5 Å². The molecule has 27 heavy (non-hydrogen) atoms. The van der Waals surface area contributed by atoms with Crippen molar-refractivity contribution >= 4 is 5.97 Å². The number of rotatable bonds is 4. The van der Waals surface area contributed by atoms with Gasteiger partial charge in [-0.05, 0) is 97.7 Å². The van der Waals surface area contributed by atoms with Gasteiger partial charge in [-0.15, -0.1) is 0 Å². The second-order valence-electron chi connectivity index (χ2n) is 11.1. The third kappa shape index (κ3) is 2.98. The van der Waals surface area contributed by atoms with Gasteiger partial charge in [0.15, 0.2) is 0 Å². The number of aliphatic carboxylic acids is 1. The van der Waals surface area contributed by atoms with Crippen LogP contribution in [0.2, 0.25) is 0 Å². The first-order valence-corrected chi connectivity index (χ1v) is 11.7. The molecule has 3 nitrogen and oxygen atoms in total. The number of aliphatic hydroxyl groups excluding tert-OH is 1. The summed E-state index contributed by atoms with van der Waals surface area (Å²) in [7, 11) is 0. The number of carboxylic acid groups (broad SMARTS) is 1. The first-order chi connectivity index (χ1) is 12.8. The van der Waals surface area contributed by atoms with Crippen molar-refractivity contribution in [1.29, 1.82) is 0 Å². The number of carbonyl (C=O) groups is 1. The van der Waals surface area contributed by atoms with Gasteiger partial charge in [-0.1, -0.05) is 33.6 Å². The van der Waals surface area contributed by atoms with Gasteiger partial charge in [-0.3, -0.25) is 4.79 Å². The van der Waals surface area contributed by atoms with Gasteiger partial charge >= 0.3 is 5.97 Å². The molecule has 3 heteroatoms. The van der Waals surface area contributed by atoms with E-state index in [1.165, 1.54) is 51.4 Å². The fourth-order valence-corrected chi connectivity index (χ4v) is 8.82. The Morgan fingerprint density at radius 2 is 1.70 bits per heavy atom. The van der Waals surface area contributed by atoms with E-state index in [4.69, 9.17) is 5.11 Å². The van der Waals surface area contributed by atoms with Crippen LogP contribution in [0.1, 0.15) is 91.4 Å². The minimum Gasteiger partial charge on any atom is -0.481 e. The molecule has 8 unspecified atom stereocenters. The van der Waals surface area contributed by atoms with Crippen molar-refractivity contribution in [3.05, 3.63) is 0 Å². The lowest BCUT2D eigenvalue weighted by molar-refractivity contribution is -0.188. The van der Waals surface area contributed by atoms with E-state index in [1.807, 2.05) is 0 Å². The van der Waals surface area contributed by atoms with Gasteiger partial charge < -0.3 is 10.2 Å². The normalized spacial score (nSPS) is 51.9. The summed E-state index contributed by atoms with van der Waals surface area (Å²) in [6, 6.07) is 0. The molecule has 0 heterocycles. The second kappa shape index (κ2) is 7.04. The molecule has 4 saturated carbocycles. The van der Waals surface area contributed by atoms with Crippen LogP contribution in [0.3, 0.4) is 0 Å². The fourth-order valence-electron chi connectivity index (χ4n) is 8.82. The Balaban J connectivity index is 1.57. The van der Waals surface area contributed by atoms with Crippen molar-refractivity contribution in [2.45, 2.75) is 97.5 Å². The molecule has 4 aliphatic rings. The monoisotopic (exact) mass is 376 g/mol. The Morgan fingerprint density at radius 1 is 0.963 bits per heavy atom. The van der Waals surface area contributed by atoms with Crippen LogP contribution in [0, 0.1) is 46.3 Å². The highest BCUT2D eigenvalue weighted by Crippen LogP contribution is 2.68. The summed E-state index contributed by atoms with van der Waals surface area (Å²) in [5.41, 5.74) is 0.753. The van der Waals surface area contributed by atoms with Crippen LogP contribution in [0.15, 0.2) is 0 Å². The van der Waals surface area contributed by atoms with E-state index >= 15 is 0 Å². The minimum absolute atomic E-state index is 0.131. The van der Waals surface area contributed by atoms with Crippen molar-refractivity contribution in [1.82, 2.24) is 0 Å². The molecule has 0 aliphatic heterocycles. The molecule has 0 bridgehead atoms. The van der Waals surface area contributed by atoms with Crippen LogP contribution >= 0.6 is 0 Å². The van der Waals surface area contributed by atoms with E-state index in [2.05, 4.69) is 20.8 Å². The quantitative estimate of drug-likeness (QED) is 0.680. The van der Waals surface area contributed by atoms with Gasteiger partial charge in [0.2, 0.25) is 0 Å². The summed E-state index contributed by atoms with van der Waals surface area (Å²) in [6.07, 6.45) is 12.5. The fraction of sp³-hybridized carbons (Fsp3) is 0.958. The van der Waals surface area contributed by atoms with E-state index < -0.39 is 5.97 Å². The molecule has 4 aliphatic carbocycles. The third-order valence-electron chi connectivity index (χ3n) is 10.2. The average Bonchev–Trinajstić information content (AvgIpc) is 2.95. The SMILES string of the molecule is C[C@H]1C(O)C2C3CCC(CCCC(=O)O)C3(C)CCC2C2(C)CCCCC12. The Labute approximate surface area is 165 Å². The summed E-state index contributed by atoms with van der Waals surface area (Å²) in [5, 5.41) is 20.5. The maximum atomic E-state index is 11.4. The zero-order valence-electron chi connectivity index (χ0n) is 17.6. The van der Waals surface area contributed by atoms with Gasteiger partial charge in [0, 0.05) is 6.42 Å². The van der Waals surface area contributed by atoms with Crippen molar-refractivity contribution in [3.8, 4) is 0 Å². The van der Waals surface area contributed by atoms with Gasteiger partial charge in [0.1, 0.15) is 0 Å². The molecule has 0 saturated heterocycles. The number of fused-ring (bicyclic) bond motifs is 5. The Bertz CT molecular complexity index is 574. The van der Waals surface area contributed by atoms with E-state index in [0.29, 0.717) is 52.8 Å². The van der Waals surface area contributed by atoms with Gasteiger partial charge in [-0.2, -0.15) is 0 Å². The summed E-state index contributed by atoms with van der Waals surface area (Å²) < 4.78 is 0. The largest absolute Gasteiger partial charge is 0.481 e. The zero-order chi connectivity index (χ0) is 19.4.